The van der Waals surface area contributed by atoms with E-state index in [0.717, 1.165) is 12.8 Å². The molecule has 0 N–H and O–H groups in total. The SMILES string of the molecule is CC(S)C1(F)CC1. The van der Waals surface area contributed by atoms with Gasteiger partial charge in [0.2, 0.25) is 0 Å². The third-order valence-corrected chi connectivity index (χ3v) is 1.94. The summed E-state index contributed by atoms with van der Waals surface area (Å²) in [7, 11) is 0. The van der Waals surface area contributed by atoms with Gasteiger partial charge in [-0.05, 0) is 12.8 Å². The minimum atomic E-state index is -0.886. The van der Waals surface area contributed by atoms with Gasteiger partial charge in [0.25, 0.3) is 0 Å². The molecule has 1 atom stereocenters. The van der Waals surface area contributed by atoms with Gasteiger partial charge in [-0.25, -0.2) is 4.39 Å². The molecule has 0 saturated heterocycles. The first kappa shape index (κ1) is 5.42. The van der Waals surface area contributed by atoms with E-state index in [1.165, 1.54) is 0 Å². The smallest absolute Gasteiger partial charge is 0.122 e. The Bertz CT molecular complexity index is 76.1. The second-order valence-electron chi connectivity index (χ2n) is 2.21. The van der Waals surface area contributed by atoms with Crippen LogP contribution in [0.15, 0.2) is 0 Å². The first-order chi connectivity index (χ1) is 3.15. The van der Waals surface area contributed by atoms with Crippen molar-refractivity contribution in [1.29, 1.82) is 0 Å². The lowest BCUT2D eigenvalue weighted by Crippen LogP contribution is -2.12. The molecular weight excluding hydrogens is 111 g/mol. The molecule has 1 fully saturated rings. The van der Waals surface area contributed by atoms with Gasteiger partial charge in [-0.15, -0.1) is 0 Å². The van der Waals surface area contributed by atoms with Gasteiger partial charge in [-0.1, -0.05) is 6.92 Å². The van der Waals surface area contributed by atoms with E-state index >= 15 is 0 Å². The maximum atomic E-state index is 12.5. The highest BCUT2D eigenvalue weighted by atomic mass is 32.1. The van der Waals surface area contributed by atoms with Crippen LogP contribution in [0.25, 0.3) is 0 Å². The summed E-state index contributed by atoms with van der Waals surface area (Å²) in [6.45, 7) is 1.80. The molecule has 7 heavy (non-hydrogen) atoms. The third-order valence-electron chi connectivity index (χ3n) is 1.48. The van der Waals surface area contributed by atoms with Crippen LogP contribution >= 0.6 is 12.6 Å². The van der Waals surface area contributed by atoms with Gasteiger partial charge in [0, 0.05) is 5.25 Å². The van der Waals surface area contributed by atoms with Crippen molar-refractivity contribution in [2.45, 2.75) is 30.7 Å². The molecule has 0 aromatic rings. The lowest BCUT2D eigenvalue weighted by atomic mass is 10.3. The second kappa shape index (κ2) is 1.38. The van der Waals surface area contributed by atoms with E-state index in [0.29, 0.717) is 0 Å². The predicted octanol–water partition coefficient (Wildman–Crippen LogP) is 1.81. The largest absolute Gasteiger partial charge is 0.243 e. The van der Waals surface area contributed by atoms with E-state index in [4.69, 9.17) is 0 Å². The van der Waals surface area contributed by atoms with E-state index in [9.17, 15) is 4.39 Å². The number of halogens is 1. The molecule has 42 valence electrons. The Morgan fingerprint density at radius 3 is 2.14 bits per heavy atom. The average molecular weight is 120 g/mol. The fraction of sp³-hybridized carbons (Fsp3) is 1.00. The molecule has 0 aromatic carbocycles. The van der Waals surface area contributed by atoms with Crippen LogP contribution in [-0.4, -0.2) is 10.9 Å². The Morgan fingerprint density at radius 1 is 1.71 bits per heavy atom. The number of hydrogen-bond donors (Lipinski definition) is 1. The van der Waals surface area contributed by atoms with Crippen molar-refractivity contribution in [1.82, 2.24) is 0 Å². The highest BCUT2D eigenvalue weighted by Gasteiger charge is 2.46. The molecule has 0 spiro atoms. The van der Waals surface area contributed by atoms with Crippen molar-refractivity contribution in [3.63, 3.8) is 0 Å². The zero-order valence-electron chi connectivity index (χ0n) is 4.32. The fourth-order valence-electron chi connectivity index (χ4n) is 0.537. The standard InChI is InChI=1S/C5H9FS/c1-4(7)5(6)2-3-5/h4,7H,2-3H2,1H3. The van der Waals surface area contributed by atoms with Crippen molar-refractivity contribution in [2.75, 3.05) is 0 Å². The van der Waals surface area contributed by atoms with E-state index in [1.54, 1.807) is 6.92 Å². The highest BCUT2D eigenvalue weighted by molar-refractivity contribution is 7.81. The van der Waals surface area contributed by atoms with Gasteiger partial charge in [-0.3, -0.25) is 0 Å². The van der Waals surface area contributed by atoms with Crippen molar-refractivity contribution in [2.24, 2.45) is 0 Å². The fourth-order valence-corrected chi connectivity index (χ4v) is 0.795. The van der Waals surface area contributed by atoms with Gasteiger partial charge in [0.05, 0.1) is 0 Å². The molecular formula is C5H9FS. The molecule has 0 heterocycles. The lowest BCUT2D eigenvalue weighted by Gasteiger charge is -2.05. The number of alkyl halides is 1. The number of thiol groups is 1. The summed E-state index contributed by atoms with van der Waals surface area (Å²) in [5, 5.41) is -0.0625. The quantitative estimate of drug-likeness (QED) is 0.501. The average Bonchev–Trinajstić information content (AvgIpc) is 2.21. The second-order valence-corrected chi connectivity index (χ2v) is 2.99. The predicted molar refractivity (Wildman–Crippen MR) is 31.5 cm³/mol. The van der Waals surface area contributed by atoms with Crippen LogP contribution in [0.5, 0.6) is 0 Å². The molecule has 0 radical (unpaired) electrons. The Kier molecular flexibility index (Phi) is 1.06. The summed E-state index contributed by atoms with van der Waals surface area (Å²) in [6, 6.07) is 0. The van der Waals surface area contributed by atoms with Crippen LogP contribution in [0.2, 0.25) is 0 Å². The molecule has 0 aliphatic heterocycles. The lowest BCUT2D eigenvalue weighted by molar-refractivity contribution is 0.309. The summed E-state index contributed by atoms with van der Waals surface area (Å²) in [5.41, 5.74) is -0.886. The molecule has 0 bridgehead atoms. The normalized spacial score (nSPS) is 29.6. The van der Waals surface area contributed by atoms with Crippen molar-refractivity contribution >= 4 is 12.6 Å². The molecule has 2 heteroatoms. The van der Waals surface area contributed by atoms with Crippen LogP contribution in [0.4, 0.5) is 4.39 Å². The first-order valence-corrected chi connectivity index (χ1v) is 3.04. The van der Waals surface area contributed by atoms with Crippen LogP contribution in [0, 0.1) is 0 Å². The summed E-state index contributed by atoms with van der Waals surface area (Å²) in [6.07, 6.45) is 1.44. The van der Waals surface area contributed by atoms with Crippen molar-refractivity contribution < 1.29 is 4.39 Å². The number of hydrogen-bond acceptors (Lipinski definition) is 1. The maximum Gasteiger partial charge on any atom is 0.122 e. The molecule has 0 aromatic heterocycles. The molecule has 1 unspecified atom stereocenters. The van der Waals surface area contributed by atoms with E-state index in [2.05, 4.69) is 12.6 Å². The molecule has 1 aliphatic rings. The van der Waals surface area contributed by atoms with Gasteiger partial charge in [0.15, 0.2) is 0 Å². The zero-order valence-corrected chi connectivity index (χ0v) is 5.21. The highest BCUT2D eigenvalue weighted by Crippen LogP contribution is 2.44. The van der Waals surface area contributed by atoms with Crippen molar-refractivity contribution in [3.05, 3.63) is 0 Å². The van der Waals surface area contributed by atoms with E-state index in [-0.39, 0.29) is 5.25 Å². The van der Waals surface area contributed by atoms with Gasteiger partial charge in [0.1, 0.15) is 5.67 Å². The Hall–Kier alpha value is 0.280. The first-order valence-electron chi connectivity index (χ1n) is 2.52. The van der Waals surface area contributed by atoms with E-state index < -0.39 is 5.67 Å². The summed E-state index contributed by atoms with van der Waals surface area (Å²) in [4.78, 5) is 0. The summed E-state index contributed by atoms with van der Waals surface area (Å²) < 4.78 is 12.5. The maximum absolute atomic E-state index is 12.5. The molecule has 1 rings (SSSR count). The third kappa shape index (κ3) is 0.904. The minimum Gasteiger partial charge on any atom is -0.243 e. The molecule has 0 amide bonds. The monoisotopic (exact) mass is 120 g/mol. The zero-order chi connectivity index (χ0) is 5.49. The minimum absolute atomic E-state index is 0.0625. The van der Waals surface area contributed by atoms with Gasteiger partial charge >= 0.3 is 0 Å². The van der Waals surface area contributed by atoms with Crippen LogP contribution < -0.4 is 0 Å². The topological polar surface area (TPSA) is 0 Å². The Labute approximate surface area is 48.5 Å². The molecule has 1 saturated carbocycles. The van der Waals surface area contributed by atoms with Crippen LogP contribution in [0.1, 0.15) is 19.8 Å². The van der Waals surface area contributed by atoms with Crippen molar-refractivity contribution in [3.8, 4) is 0 Å². The van der Waals surface area contributed by atoms with Crippen LogP contribution in [-0.2, 0) is 0 Å². The van der Waals surface area contributed by atoms with Gasteiger partial charge < -0.3 is 0 Å². The summed E-state index contributed by atoms with van der Waals surface area (Å²) in [5.74, 6) is 0. The van der Waals surface area contributed by atoms with Crippen LogP contribution in [0.3, 0.4) is 0 Å². The Balaban J connectivity index is 2.39. The molecule has 1 aliphatic carbocycles. The van der Waals surface area contributed by atoms with Gasteiger partial charge in [-0.2, -0.15) is 12.6 Å². The Morgan fingerprint density at radius 2 is 2.14 bits per heavy atom. The molecule has 0 nitrogen and oxygen atoms in total. The number of rotatable bonds is 1. The van der Waals surface area contributed by atoms with E-state index in [1.807, 2.05) is 0 Å². The summed E-state index contributed by atoms with van der Waals surface area (Å²) >= 11 is 3.97.